The Morgan fingerprint density at radius 3 is 2.57 bits per heavy atom. The first kappa shape index (κ1) is 11.5. The topological polar surface area (TPSA) is 32.8 Å². The summed E-state index contributed by atoms with van der Waals surface area (Å²) in [5, 5.41) is 0. The summed E-state index contributed by atoms with van der Waals surface area (Å²) in [5.74, 6) is 0.648. The highest BCUT2D eigenvalue weighted by atomic mass is 16.5. The van der Waals surface area contributed by atoms with Crippen LogP contribution in [0.2, 0.25) is 0 Å². The third-order valence-electron chi connectivity index (χ3n) is 2.86. The van der Waals surface area contributed by atoms with Crippen molar-refractivity contribution in [2.45, 2.75) is 13.0 Å². The molecule has 2 atom stereocenters. The highest BCUT2D eigenvalue weighted by Crippen LogP contribution is 2.19. The number of nitrogens with zero attached hydrogens (tertiary/aromatic N) is 2. The van der Waals surface area contributed by atoms with Gasteiger partial charge in [0.25, 0.3) is 0 Å². The van der Waals surface area contributed by atoms with Gasteiger partial charge in [-0.2, -0.15) is 0 Å². The number of amides is 1. The molecule has 0 spiro atoms. The summed E-state index contributed by atoms with van der Waals surface area (Å²) in [6.07, 6.45) is 0. The molecule has 0 aliphatic carbocycles. The molecule has 82 valence electrons. The average Bonchev–Trinajstić information content (AvgIpc) is 2.48. The van der Waals surface area contributed by atoms with E-state index in [0.717, 1.165) is 13.1 Å². The van der Waals surface area contributed by atoms with E-state index in [4.69, 9.17) is 4.74 Å². The Morgan fingerprint density at radius 1 is 1.50 bits per heavy atom. The third-order valence-corrected chi connectivity index (χ3v) is 2.86. The van der Waals surface area contributed by atoms with Gasteiger partial charge in [0.2, 0.25) is 5.91 Å². The van der Waals surface area contributed by atoms with Crippen molar-refractivity contribution in [3.05, 3.63) is 0 Å². The van der Waals surface area contributed by atoms with E-state index < -0.39 is 0 Å². The number of hydrogen-bond donors (Lipinski definition) is 0. The number of rotatable bonds is 3. The average molecular weight is 200 g/mol. The first-order valence-electron chi connectivity index (χ1n) is 4.99. The molecule has 1 fully saturated rings. The van der Waals surface area contributed by atoms with Crippen molar-refractivity contribution in [2.24, 2.45) is 5.92 Å². The van der Waals surface area contributed by atoms with Crippen molar-refractivity contribution in [3.8, 4) is 0 Å². The normalized spacial score (nSPS) is 27.4. The number of likely N-dealkylation sites (tertiary alicyclic amines) is 1. The van der Waals surface area contributed by atoms with Crippen LogP contribution in [0.15, 0.2) is 0 Å². The maximum Gasteiger partial charge on any atom is 0.248 e. The van der Waals surface area contributed by atoms with Gasteiger partial charge in [-0.3, -0.25) is 4.79 Å². The summed E-state index contributed by atoms with van der Waals surface area (Å²) < 4.78 is 4.84. The van der Waals surface area contributed by atoms with Crippen LogP contribution in [0.5, 0.6) is 0 Å². The van der Waals surface area contributed by atoms with E-state index in [9.17, 15) is 4.79 Å². The van der Waals surface area contributed by atoms with E-state index in [2.05, 4.69) is 25.9 Å². The lowest BCUT2D eigenvalue weighted by Crippen LogP contribution is -2.36. The molecule has 1 rings (SSSR count). The van der Waals surface area contributed by atoms with Crippen LogP contribution in [-0.4, -0.2) is 62.7 Å². The van der Waals surface area contributed by atoms with Crippen LogP contribution in [0, 0.1) is 5.92 Å². The molecule has 1 heterocycles. The SMILES string of the molecule is COCC(=O)N1CC(C)C(N(C)C)C1. The minimum atomic E-state index is 0.101. The van der Waals surface area contributed by atoms with Crippen LogP contribution in [-0.2, 0) is 9.53 Å². The molecular formula is C10H20N2O2. The zero-order chi connectivity index (χ0) is 10.7. The quantitative estimate of drug-likeness (QED) is 0.645. The Bertz CT molecular complexity index is 206. The predicted molar refractivity (Wildman–Crippen MR) is 55.1 cm³/mol. The van der Waals surface area contributed by atoms with Crippen molar-refractivity contribution in [3.63, 3.8) is 0 Å². The lowest BCUT2D eigenvalue weighted by atomic mass is 10.1. The van der Waals surface area contributed by atoms with Gasteiger partial charge in [-0.15, -0.1) is 0 Å². The summed E-state index contributed by atoms with van der Waals surface area (Å²) in [5.41, 5.74) is 0. The molecule has 2 unspecified atom stereocenters. The van der Waals surface area contributed by atoms with Crippen molar-refractivity contribution >= 4 is 5.91 Å². The van der Waals surface area contributed by atoms with Gasteiger partial charge in [0, 0.05) is 26.2 Å². The predicted octanol–water partition coefficient (Wildman–Crippen LogP) is 0.0413. The Morgan fingerprint density at radius 2 is 2.14 bits per heavy atom. The number of hydrogen-bond acceptors (Lipinski definition) is 3. The van der Waals surface area contributed by atoms with E-state index in [-0.39, 0.29) is 12.5 Å². The number of methoxy groups -OCH3 is 1. The van der Waals surface area contributed by atoms with Crippen LogP contribution in [0.4, 0.5) is 0 Å². The standard InChI is InChI=1S/C10H20N2O2/c1-8-5-12(10(13)7-14-4)6-9(8)11(2)3/h8-9H,5-7H2,1-4H3. The molecule has 1 saturated heterocycles. The van der Waals surface area contributed by atoms with Crippen LogP contribution in [0.25, 0.3) is 0 Å². The van der Waals surface area contributed by atoms with Gasteiger partial charge in [0.05, 0.1) is 0 Å². The monoisotopic (exact) mass is 200 g/mol. The number of likely N-dealkylation sites (N-methyl/N-ethyl adjacent to an activating group) is 1. The summed E-state index contributed by atoms with van der Waals surface area (Å²) in [6.45, 7) is 4.07. The molecule has 4 nitrogen and oxygen atoms in total. The van der Waals surface area contributed by atoms with E-state index in [0.29, 0.717) is 12.0 Å². The lowest BCUT2D eigenvalue weighted by molar-refractivity contribution is -0.134. The summed E-state index contributed by atoms with van der Waals surface area (Å²) in [4.78, 5) is 15.6. The maximum atomic E-state index is 11.5. The Kier molecular flexibility index (Phi) is 3.89. The second kappa shape index (κ2) is 4.75. The van der Waals surface area contributed by atoms with Crippen LogP contribution in [0.1, 0.15) is 6.92 Å². The van der Waals surface area contributed by atoms with Crippen molar-refractivity contribution < 1.29 is 9.53 Å². The molecule has 1 aliphatic heterocycles. The minimum absolute atomic E-state index is 0.101. The van der Waals surface area contributed by atoms with Crippen molar-refractivity contribution in [1.29, 1.82) is 0 Å². The lowest BCUT2D eigenvalue weighted by Gasteiger charge is -2.22. The summed E-state index contributed by atoms with van der Waals surface area (Å²) >= 11 is 0. The molecule has 4 heteroatoms. The molecule has 0 aromatic carbocycles. The summed E-state index contributed by atoms with van der Waals surface area (Å²) in [6, 6.07) is 0.482. The van der Waals surface area contributed by atoms with Gasteiger partial charge in [0.1, 0.15) is 6.61 Å². The second-order valence-electron chi connectivity index (χ2n) is 4.24. The van der Waals surface area contributed by atoms with E-state index in [1.54, 1.807) is 7.11 Å². The van der Waals surface area contributed by atoms with Gasteiger partial charge in [-0.1, -0.05) is 6.92 Å². The van der Waals surface area contributed by atoms with Crippen LogP contribution in [0.3, 0.4) is 0 Å². The number of carbonyl (C=O) groups excluding carboxylic acids is 1. The molecular weight excluding hydrogens is 180 g/mol. The minimum Gasteiger partial charge on any atom is -0.375 e. The first-order valence-corrected chi connectivity index (χ1v) is 4.99. The molecule has 0 aromatic heterocycles. The fourth-order valence-corrected chi connectivity index (χ4v) is 2.04. The maximum absolute atomic E-state index is 11.5. The first-order chi connectivity index (χ1) is 6.56. The van der Waals surface area contributed by atoms with Gasteiger partial charge >= 0.3 is 0 Å². The number of ether oxygens (including phenoxy) is 1. The van der Waals surface area contributed by atoms with Gasteiger partial charge in [0.15, 0.2) is 0 Å². The van der Waals surface area contributed by atoms with Gasteiger partial charge < -0.3 is 14.5 Å². The molecule has 1 amide bonds. The van der Waals surface area contributed by atoms with E-state index >= 15 is 0 Å². The molecule has 0 N–H and O–H groups in total. The van der Waals surface area contributed by atoms with Crippen molar-refractivity contribution in [2.75, 3.05) is 40.9 Å². The molecule has 0 saturated carbocycles. The van der Waals surface area contributed by atoms with E-state index in [1.165, 1.54) is 0 Å². The highest BCUT2D eigenvalue weighted by Gasteiger charge is 2.33. The van der Waals surface area contributed by atoms with E-state index in [1.807, 2.05) is 4.90 Å². The molecule has 0 aromatic rings. The largest absolute Gasteiger partial charge is 0.375 e. The molecule has 0 radical (unpaired) electrons. The third kappa shape index (κ3) is 2.45. The molecule has 14 heavy (non-hydrogen) atoms. The smallest absolute Gasteiger partial charge is 0.248 e. The fourth-order valence-electron chi connectivity index (χ4n) is 2.04. The van der Waals surface area contributed by atoms with Crippen molar-refractivity contribution in [1.82, 2.24) is 9.80 Å². The Balaban J connectivity index is 2.50. The second-order valence-corrected chi connectivity index (χ2v) is 4.24. The fraction of sp³-hybridized carbons (Fsp3) is 0.900. The summed E-state index contributed by atoms with van der Waals surface area (Å²) in [7, 11) is 5.68. The molecule has 1 aliphatic rings. The molecule has 0 bridgehead atoms. The van der Waals surface area contributed by atoms with Gasteiger partial charge in [-0.25, -0.2) is 0 Å². The zero-order valence-corrected chi connectivity index (χ0v) is 9.49. The zero-order valence-electron chi connectivity index (χ0n) is 9.49. The Hall–Kier alpha value is -0.610. The van der Waals surface area contributed by atoms with Crippen LogP contribution < -0.4 is 0 Å². The highest BCUT2D eigenvalue weighted by molar-refractivity contribution is 5.77. The van der Waals surface area contributed by atoms with Crippen LogP contribution >= 0.6 is 0 Å². The van der Waals surface area contributed by atoms with Gasteiger partial charge in [-0.05, 0) is 20.0 Å². The Labute approximate surface area is 85.8 Å². The number of carbonyl (C=O) groups is 1.